The Morgan fingerprint density at radius 2 is 2.00 bits per heavy atom. The summed E-state index contributed by atoms with van der Waals surface area (Å²) >= 11 is 3.29. The molecule has 0 heterocycles. The van der Waals surface area contributed by atoms with Gasteiger partial charge in [0, 0.05) is 17.3 Å². The predicted octanol–water partition coefficient (Wildman–Crippen LogP) is 2.42. The third-order valence-electron chi connectivity index (χ3n) is 2.08. The molecule has 17 heavy (non-hydrogen) atoms. The van der Waals surface area contributed by atoms with E-state index in [0.29, 0.717) is 6.42 Å². The van der Waals surface area contributed by atoms with E-state index in [1.54, 1.807) is 12.1 Å². The van der Waals surface area contributed by atoms with Crippen LogP contribution in [0.25, 0.3) is 0 Å². The fraction of sp³-hybridized carbons (Fsp3) is 0.333. The van der Waals surface area contributed by atoms with Crippen LogP contribution in [-0.4, -0.2) is 17.1 Å². The molecule has 5 heteroatoms. The molecule has 1 aromatic rings. The molecule has 0 fully saturated rings. The second-order valence-corrected chi connectivity index (χ2v) is 4.24. The Morgan fingerprint density at radius 3 is 2.65 bits per heavy atom. The largest absolute Gasteiger partial charge is 0.380 e. The maximum absolute atomic E-state index is 11.3. The van der Waals surface area contributed by atoms with Gasteiger partial charge in [0.25, 0.3) is 0 Å². The smallest absolute Gasteiger partial charge is 0.335 e. The van der Waals surface area contributed by atoms with E-state index in [9.17, 15) is 4.79 Å². The van der Waals surface area contributed by atoms with Gasteiger partial charge < -0.3 is 10.6 Å². The van der Waals surface area contributed by atoms with Gasteiger partial charge in [-0.05, 0) is 12.8 Å². The van der Waals surface area contributed by atoms with Gasteiger partial charge in [-0.25, -0.2) is 4.79 Å². The number of alkyl halides is 1. The molecule has 1 rings (SSSR count). The van der Waals surface area contributed by atoms with Gasteiger partial charge in [0.2, 0.25) is 0 Å². The number of nitrogens with zero attached hydrogens (tertiary/aromatic N) is 1. The summed E-state index contributed by atoms with van der Waals surface area (Å²) < 4.78 is 0. The highest BCUT2D eigenvalue weighted by Crippen LogP contribution is 2.02. The minimum atomic E-state index is -0.357. The van der Waals surface area contributed by atoms with Crippen LogP contribution < -0.4 is 5.73 Å². The first-order valence-corrected chi connectivity index (χ1v) is 6.51. The third-order valence-corrected chi connectivity index (χ3v) is 2.64. The first kappa shape index (κ1) is 13.7. The van der Waals surface area contributed by atoms with Crippen molar-refractivity contribution in [2.75, 3.05) is 5.33 Å². The van der Waals surface area contributed by atoms with Crippen molar-refractivity contribution in [2.24, 2.45) is 10.9 Å². The fourth-order valence-corrected chi connectivity index (χ4v) is 1.57. The second kappa shape index (κ2) is 7.84. The maximum atomic E-state index is 11.3. The summed E-state index contributed by atoms with van der Waals surface area (Å²) in [5, 5.41) is 4.49. The van der Waals surface area contributed by atoms with Crippen molar-refractivity contribution in [3.63, 3.8) is 0 Å². The molecule has 0 saturated carbocycles. The van der Waals surface area contributed by atoms with Gasteiger partial charge in [-0.1, -0.05) is 51.4 Å². The van der Waals surface area contributed by atoms with Crippen molar-refractivity contribution in [3.05, 3.63) is 35.9 Å². The van der Waals surface area contributed by atoms with Crippen LogP contribution in [0.3, 0.4) is 0 Å². The van der Waals surface area contributed by atoms with E-state index in [1.807, 2.05) is 18.2 Å². The van der Waals surface area contributed by atoms with E-state index < -0.39 is 0 Å². The molecule has 0 bridgehead atoms. The molecule has 2 N–H and O–H groups in total. The Hall–Kier alpha value is -1.36. The lowest BCUT2D eigenvalue weighted by molar-refractivity contribution is -0.143. The molecule has 0 saturated heterocycles. The normalized spacial score (nSPS) is 11.2. The van der Waals surface area contributed by atoms with Crippen molar-refractivity contribution in [3.8, 4) is 0 Å². The van der Waals surface area contributed by atoms with Crippen molar-refractivity contribution in [1.29, 1.82) is 0 Å². The predicted molar refractivity (Wildman–Crippen MR) is 70.9 cm³/mol. The minimum Gasteiger partial charge on any atom is -0.380 e. The van der Waals surface area contributed by atoms with Crippen LogP contribution in [0, 0.1) is 0 Å². The van der Waals surface area contributed by atoms with Crippen molar-refractivity contribution < 1.29 is 9.63 Å². The van der Waals surface area contributed by atoms with Gasteiger partial charge in [0.15, 0.2) is 5.84 Å². The number of carbonyl (C=O) groups excluding carboxylic acids is 1. The van der Waals surface area contributed by atoms with Crippen molar-refractivity contribution in [1.82, 2.24) is 0 Å². The summed E-state index contributed by atoms with van der Waals surface area (Å²) in [6, 6.07) is 9.17. The monoisotopic (exact) mass is 298 g/mol. The summed E-state index contributed by atoms with van der Waals surface area (Å²) in [6.45, 7) is 0. The summed E-state index contributed by atoms with van der Waals surface area (Å²) in [4.78, 5) is 16.0. The summed E-state index contributed by atoms with van der Waals surface area (Å²) in [7, 11) is 0. The minimum absolute atomic E-state index is 0.208. The number of benzene rings is 1. The molecule has 1 aromatic carbocycles. The standard InChI is InChI=1S/C12H15BrN2O2/c13-9-5-4-8-11(16)17-15-12(14)10-6-2-1-3-7-10/h1-3,6-7H,4-5,8-9H2,(H2,14,15). The molecule has 0 atom stereocenters. The molecule has 0 spiro atoms. The van der Waals surface area contributed by atoms with Gasteiger partial charge >= 0.3 is 5.97 Å². The molecule has 0 unspecified atom stereocenters. The van der Waals surface area contributed by atoms with E-state index in [-0.39, 0.29) is 11.8 Å². The number of halogens is 1. The molecule has 0 aromatic heterocycles. The van der Waals surface area contributed by atoms with Crippen LogP contribution in [0.5, 0.6) is 0 Å². The fourth-order valence-electron chi connectivity index (χ4n) is 1.17. The van der Waals surface area contributed by atoms with E-state index in [0.717, 1.165) is 23.7 Å². The lowest BCUT2D eigenvalue weighted by Gasteiger charge is -2.00. The molecule has 92 valence electrons. The molecule has 0 aliphatic carbocycles. The lowest BCUT2D eigenvalue weighted by Crippen LogP contribution is -2.15. The number of unbranched alkanes of at least 4 members (excludes halogenated alkanes) is 1. The van der Waals surface area contributed by atoms with Gasteiger partial charge in [-0.3, -0.25) is 0 Å². The lowest BCUT2D eigenvalue weighted by atomic mass is 10.2. The summed E-state index contributed by atoms with van der Waals surface area (Å²) in [6.07, 6.45) is 2.08. The molecule has 0 radical (unpaired) electrons. The highest BCUT2D eigenvalue weighted by molar-refractivity contribution is 9.09. The van der Waals surface area contributed by atoms with Crippen LogP contribution in [0.1, 0.15) is 24.8 Å². The van der Waals surface area contributed by atoms with E-state index in [1.165, 1.54) is 0 Å². The highest BCUT2D eigenvalue weighted by atomic mass is 79.9. The van der Waals surface area contributed by atoms with E-state index >= 15 is 0 Å². The number of oxime groups is 1. The zero-order valence-electron chi connectivity index (χ0n) is 9.43. The SMILES string of the molecule is N/C(=N\OC(=O)CCCCBr)c1ccccc1. The number of carbonyl (C=O) groups is 1. The Balaban J connectivity index is 2.40. The molecular formula is C12H15BrN2O2. The van der Waals surface area contributed by atoms with Crippen LogP contribution in [0.15, 0.2) is 35.5 Å². The van der Waals surface area contributed by atoms with Gasteiger partial charge in [-0.15, -0.1) is 0 Å². The van der Waals surface area contributed by atoms with Crippen molar-refractivity contribution in [2.45, 2.75) is 19.3 Å². The Morgan fingerprint density at radius 1 is 1.29 bits per heavy atom. The van der Waals surface area contributed by atoms with E-state index in [4.69, 9.17) is 10.6 Å². The van der Waals surface area contributed by atoms with Gasteiger partial charge in [0.1, 0.15) is 0 Å². The first-order valence-electron chi connectivity index (χ1n) is 5.38. The van der Waals surface area contributed by atoms with Crippen LogP contribution in [-0.2, 0) is 9.63 Å². The number of nitrogens with two attached hydrogens (primary N) is 1. The van der Waals surface area contributed by atoms with E-state index in [2.05, 4.69) is 21.1 Å². The molecular weight excluding hydrogens is 284 g/mol. The van der Waals surface area contributed by atoms with Crippen LogP contribution >= 0.6 is 15.9 Å². The van der Waals surface area contributed by atoms with Gasteiger partial charge in [-0.2, -0.15) is 0 Å². The topological polar surface area (TPSA) is 64.7 Å². The zero-order chi connectivity index (χ0) is 12.5. The average molecular weight is 299 g/mol. The van der Waals surface area contributed by atoms with Crippen LogP contribution in [0.4, 0.5) is 0 Å². The molecule has 0 aliphatic heterocycles. The Labute approximate surface area is 109 Å². The molecule has 0 amide bonds. The summed E-state index contributed by atoms with van der Waals surface area (Å²) in [5.41, 5.74) is 6.40. The Bertz CT molecular complexity index is 379. The first-order chi connectivity index (χ1) is 8.24. The second-order valence-electron chi connectivity index (χ2n) is 3.45. The third kappa shape index (κ3) is 5.49. The van der Waals surface area contributed by atoms with Crippen molar-refractivity contribution >= 4 is 27.7 Å². The molecule has 4 nitrogen and oxygen atoms in total. The van der Waals surface area contributed by atoms with Crippen LogP contribution in [0.2, 0.25) is 0 Å². The highest BCUT2D eigenvalue weighted by Gasteiger charge is 2.03. The number of rotatable bonds is 6. The number of hydrogen-bond donors (Lipinski definition) is 1. The average Bonchev–Trinajstić information content (AvgIpc) is 2.37. The zero-order valence-corrected chi connectivity index (χ0v) is 11.0. The maximum Gasteiger partial charge on any atom is 0.335 e. The quantitative estimate of drug-likeness (QED) is 0.219. The van der Waals surface area contributed by atoms with Gasteiger partial charge in [0.05, 0.1) is 0 Å². The number of amidine groups is 1. The molecule has 0 aliphatic rings. The summed E-state index contributed by atoms with van der Waals surface area (Å²) in [5.74, 6) is -0.149. The Kier molecular flexibility index (Phi) is 6.32. The number of hydrogen-bond acceptors (Lipinski definition) is 3.